The van der Waals surface area contributed by atoms with E-state index in [4.69, 9.17) is 0 Å². The van der Waals surface area contributed by atoms with Gasteiger partial charge in [0.1, 0.15) is 5.82 Å². The number of hydrogen-bond acceptors (Lipinski definition) is 4. The standard InChI is InChI=1S/C18H18FN3O3/c1-13-12-20(14-6-8-15(9-7-14)22(24)25)10-11-21(13)18(23)16-4-2-3-5-17(16)19/h2-9,13H,10-12H2,1H3. The van der Waals surface area contributed by atoms with Crippen LogP contribution in [0.4, 0.5) is 15.8 Å². The molecule has 1 unspecified atom stereocenters. The SMILES string of the molecule is CC1CN(c2ccc([N+](=O)[O-])cc2)CCN1C(=O)c1ccccc1F. The average molecular weight is 343 g/mol. The molecule has 1 aliphatic rings. The summed E-state index contributed by atoms with van der Waals surface area (Å²) in [6, 6.07) is 12.2. The van der Waals surface area contributed by atoms with Gasteiger partial charge in [-0.15, -0.1) is 0 Å². The van der Waals surface area contributed by atoms with Gasteiger partial charge >= 0.3 is 0 Å². The van der Waals surface area contributed by atoms with E-state index in [-0.39, 0.29) is 23.2 Å². The predicted molar refractivity (Wildman–Crippen MR) is 92.2 cm³/mol. The molecule has 25 heavy (non-hydrogen) atoms. The van der Waals surface area contributed by atoms with Gasteiger partial charge in [0.2, 0.25) is 0 Å². The molecule has 7 heteroatoms. The van der Waals surface area contributed by atoms with E-state index in [1.54, 1.807) is 29.2 Å². The number of non-ortho nitro benzene ring substituents is 1. The molecule has 1 atom stereocenters. The van der Waals surface area contributed by atoms with Gasteiger partial charge in [0.15, 0.2) is 0 Å². The van der Waals surface area contributed by atoms with Crippen molar-refractivity contribution in [1.29, 1.82) is 0 Å². The Bertz CT molecular complexity index is 794. The van der Waals surface area contributed by atoms with Gasteiger partial charge in [-0.2, -0.15) is 0 Å². The highest BCUT2D eigenvalue weighted by molar-refractivity contribution is 5.94. The lowest BCUT2D eigenvalue weighted by atomic mass is 10.1. The lowest BCUT2D eigenvalue weighted by molar-refractivity contribution is -0.384. The molecule has 1 saturated heterocycles. The third-order valence-corrected chi connectivity index (χ3v) is 4.42. The summed E-state index contributed by atoms with van der Waals surface area (Å²) >= 11 is 0. The van der Waals surface area contributed by atoms with E-state index in [0.717, 1.165) is 5.69 Å². The van der Waals surface area contributed by atoms with Gasteiger partial charge in [0.05, 0.1) is 10.5 Å². The number of nitro groups is 1. The van der Waals surface area contributed by atoms with Gasteiger partial charge in [0, 0.05) is 43.5 Å². The van der Waals surface area contributed by atoms with Gasteiger partial charge in [0.25, 0.3) is 11.6 Å². The fraction of sp³-hybridized carbons (Fsp3) is 0.278. The molecule has 130 valence electrons. The minimum Gasteiger partial charge on any atom is -0.368 e. The molecule has 6 nitrogen and oxygen atoms in total. The van der Waals surface area contributed by atoms with Crippen molar-refractivity contribution in [3.05, 3.63) is 70.0 Å². The highest BCUT2D eigenvalue weighted by Gasteiger charge is 2.29. The van der Waals surface area contributed by atoms with Gasteiger partial charge in [-0.05, 0) is 31.2 Å². The summed E-state index contributed by atoms with van der Waals surface area (Å²) in [5, 5.41) is 10.7. The first-order valence-corrected chi connectivity index (χ1v) is 8.02. The summed E-state index contributed by atoms with van der Waals surface area (Å²) < 4.78 is 13.9. The van der Waals surface area contributed by atoms with Crippen molar-refractivity contribution in [2.45, 2.75) is 13.0 Å². The van der Waals surface area contributed by atoms with Crippen molar-refractivity contribution in [2.75, 3.05) is 24.5 Å². The molecule has 1 heterocycles. The molecule has 0 bridgehead atoms. The first-order chi connectivity index (χ1) is 12.0. The molecule has 3 rings (SSSR count). The van der Waals surface area contributed by atoms with Crippen molar-refractivity contribution in [2.24, 2.45) is 0 Å². The number of nitrogens with zero attached hydrogens (tertiary/aromatic N) is 3. The molecule has 2 aromatic carbocycles. The van der Waals surface area contributed by atoms with Crippen LogP contribution in [0.5, 0.6) is 0 Å². The number of rotatable bonds is 3. The molecular formula is C18H18FN3O3. The number of piperazine rings is 1. The number of hydrogen-bond donors (Lipinski definition) is 0. The maximum atomic E-state index is 13.9. The smallest absolute Gasteiger partial charge is 0.269 e. The lowest BCUT2D eigenvalue weighted by Gasteiger charge is -2.41. The molecule has 0 saturated carbocycles. The second-order valence-corrected chi connectivity index (χ2v) is 6.05. The Labute approximate surface area is 144 Å². The van der Waals surface area contributed by atoms with Gasteiger partial charge in [-0.1, -0.05) is 12.1 Å². The van der Waals surface area contributed by atoms with E-state index < -0.39 is 10.7 Å². The Kier molecular flexibility index (Phi) is 4.65. The first-order valence-electron chi connectivity index (χ1n) is 8.02. The average Bonchev–Trinajstić information content (AvgIpc) is 2.61. The number of halogens is 1. The Hall–Kier alpha value is -2.96. The molecule has 2 aromatic rings. The van der Waals surface area contributed by atoms with Crippen LogP contribution in [-0.2, 0) is 0 Å². The third-order valence-electron chi connectivity index (χ3n) is 4.42. The number of benzene rings is 2. The first kappa shape index (κ1) is 16.9. The normalized spacial score (nSPS) is 17.4. The predicted octanol–water partition coefficient (Wildman–Crippen LogP) is 3.08. The van der Waals surface area contributed by atoms with E-state index >= 15 is 0 Å². The lowest BCUT2D eigenvalue weighted by Crippen LogP contribution is -2.54. The van der Waals surface area contributed by atoms with Crippen molar-refractivity contribution < 1.29 is 14.1 Å². The van der Waals surface area contributed by atoms with Crippen LogP contribution >= 0.6 is 0 Å². The third kappa shape index (κ3) is 3.45. The van der Waals surface area contributed by atoms with Crippen LogP contribution in [0, 0.1) is 15.9 Å². The van der Waals surface area contributed by atoms with Crippen LogP contribution in [0.25, 0.3) is 0 Å². The zero-order chi connectivity index (χ0) is 18.0. The maximum absolute atomic E-state index is 13.9. The maximum Gasteiger partial charge on any atom is 0.269 e. The van der Waals surface area contributed by atoms with E-state index in [1.807, 2.05) is 6.92 Å². The van der Waals surface area contributed by atoms with Crippen LogP contribution in [-0.4, -0.2) is 41.4 Å². The molecule has 0 radical (unpaired) electrons. The molecule has 1 amide bonds. The second-order valence-electron chi connectivity index (χ2n) is 6.05. The van der Waals surface area contributed by atoms with Gasteiger partial charge in [-0.25, -0.2) is 4.39 Å². The highest BCUT2D eigenvalue weighted by atomic mass is 19.1. The summed E-state index contributed by atoms with van der Waals surface area (Å²) in [7, 11) is 0. The number of amides is 1. The number of nitro benzene ring substituents is 1. The molecule has 0 spiro atoms. The van der Waals surface area contributed by atoms with Crippen molar-refractivity contribution in [3.8, 4) is 0 Å². The molecule has 1 aliphatic heterocycles. The molecule has 0 aromatic heterocycles. The number of carbonyl (C=O) groups excluding carboxylic acids is 1. The Morgan fingerprint density at radius 1 is 1.16 bits per heavy atom. The summed E-state index contributed by atoms with van der Waals surface area (Å²) in [4.78, 5) is 26.6. The zero-order valence-electron chi connectivity index (χ0n) is 13.8. The fourth-order valence-corrected chi connectivity index (χ4v) is 3.07. The van der Waals surface area contributed by atoms with Crippen molar-refractivity contribution in [1.82, 2.24) is 4.90 Å². The van der Waals surface area contributed by atoms with Crippen molar-refractivity contribution in [3.63, 3.8) is 0 Å². The Morgan fingerprint density at radius 2 is 1.84 bits per heavy atom. The van der Waals surface area contributed by atoms with Gasteiger partial charge in [-0.3, -0.25) is 14.9 Å². The van der Waals surface area contributed by atoms with Crippen LogP contribution in [0.1, 0.15) is 17.3 Å². The Morgan fingerprint density at radius 3 is 2.44 bits per heavy atom. The minimum atomic E-state index is -0.516. The molecule has 0 aliphatic carbocycles. The van der Waals surface area contributed by atoms with Crippen LogP contribution in [0.2, 0.25) is 0 Å². The second kappa shape index (κ2) is 6.88. The largest absolute Gasteiger partial charge is 0.368 e. The fourth-order valence-electron chi connectivity index (χ4n) is 3.07. The molecule has 1 fully saturated rings. The Balaban J connectivity index is 1.71. The monoisotopic (exact) mass is 343 g/mol. The van der Waals surface area contributed by atoms with Crippen LogP contribution in [0.3, 0.4) is 0 Å². The summed E-state index contributed by atoms with van der Waals surface area (Å²) in [5.41, 5.74) is 0.999. The molecular weight excluding hydrogens is 325 g/mol. The highest BCUT2D eigenvalue weighted by Crippen LogP contribution is 2.23. The minimum absolute atomic E-state index is 0.0464. The van der Waals surface area contributed by atoms with Crippen LogP contribution < -0.4 is 4.90 Å². The van der Waals surface area contributed by atoms with Crippen molar-refractivity contribution >= 4 is 17.3 Å². The topological polar surface area (TPSA) is 66.7 Å². The van der Waals surface area contributed by atoms with E-state index in [9.17, 15) is 19.3 Å². The van der Waals surface area contributed by atoms with E-state index in [0.29, 0.717) is 19.6 Å². The zero-order valence-corrected chi connectivity index (χ0v) is 13.8. The summed E-state index contributed by atoms with van der Waals surface area (Å²) in [5.74, 6) is -0.827. The van der Waals surface area contributed by atoms with E-state index in [2.05, 4.69) is 4.90 Å². The quantitative estimate of drug-likeness (QED) is 0.634. The van der Waals surface area contributed by atoms with Gasteiger partial charge < -0.3 is 9.80 Å². The number of carbonyl (C=O) groups is 1. The summed E-state index contributed by atoms with van der Waals surface area (Å²) in [6.45, 7) is 3.54. The van der Waals surface area contributed by atoms with Crippen LogP contribution in [0.15, 0.2) is 48.5 Å². The van der Waals surface area contributed by atoms with E-state index in [1.165, 1.54) is 24.3 Å². The molecule has 0 N–H and O–H groups in total. The summed E-state index contributed by atoms with van der Waals surface area (Å²) in [6.07, 6.45) is 0. The number of anilines is 1.